The van der Waals surface area contributed by atoms with Crippen LogP contribution in [-0.4, -0.2) is 29.0 Å². The summed E-state index contributed by atoms with van der Waals surface area (Å²) in [6, 6.07) is 1.66. The molecule has 6 heteroatoms. The van der Waals surface area contributed by atoms with Crippen LogP contribution in [0.2, 0.25) is 5.15 Å². The normalized spacial score (nSPS) is 19.7. The highest BCUT2D eigenvalue weighted by Gasteiger charge is 2.37. The predicted molar refractivity (Wildman–Crippen MR) is 79.8 cm³/mol. The van der Waals surface area contributed by atoms with Crippen LogP contribution >= 0.6 is 11.6 Å². The molecule has 2 heterocycles. The lowest BCUT2D eigenvalue weighted by molar-refractivity contribution is -0.127. The van der Waals surface area contributed by atoms with Gasteiger partial charge in [-0.15, -0.1) is 0 Å². The quantitative estimate of drug-likeness (QED) is 0.841. The van der Waals surface area contributed by atoms with E-state index in [1.807, 2.05) is 20.8 Å². The average molecular weight is 297 g/mol. The Morgan fingerprint density at radius 1 is 1.50 bits per heavy atom. The van der Waals surface area contributed by atoms with E-state index in [0.717, 1.165) is 31.6 Å². The Kier molecular flexibility index (Phi) is 4.60. The van der Waals surface area contributed by atoms with Gasteiger partial charge in [-0.2, -0.15) is 0 Å². The van der Waals surface area contributed by atoms with Crippen molar-refractivity contribution in [1.82, 2.24) is 15.3 Å². The molecule has 0 saturated carbocycles. The van der Waals surface area contributed by atoms with E-state index in [-0.39, 0.29) is 11.9 Å². The van der Waals surface area contributed by atoms with E-state index in [2.05, 4.69) is 20.6 Å². The van der Waals surface area contributed by atoms with E-state index in [1.165, 1.54) is 0 Å². The minimum Gasteiger partial charge on any atom is -0.316 e. The molecule has 1 aliphatic heterocycles. The third kappa shape index (κ3) is 3.46. The SMILES string of the molecule is Cc1cc(Cl)nc(NC(=O)C(C)(C)C2CCCNC2)n1. The number of hydrogen-bond donors (Lipinski definition) is 2. The fourth-order valence-corrected chi connectivity index (χ4v) is 2.74. The second-order valence-corrected chi connectivity index (χ2v) is 6.26. The molecule has 0 bridgehead atoms. The van der Waals surface area contributed by atoms with Crippen molar-refractivity contribution in [1.29, 1.82) is 0 Å². The summed E-state index contributed by atoms with van der Waals surface area (Å²) in [4.78, 5) is 20.7. The van der Waals surface area contributed by atoms with Crippen LogP contribution in [-0.2, 0) is 4.79 Å². The topological polar surface area (TPSA) is 66.9 Å². The molecular formula is C14H21ClN4O. The number of rotatable bonds is 3. The average Bonchev–Trinajstić information content (AvgIpc) is 2.38. The number of nitrogens with one attached hydrogen (secondary N) is 2. The van der Waals surface area contributed by atoms with Crippen molar-refractivity contribution in [3.05, 3.63) is 16.9 Å². The lowest BCUT2D eigenvalue weighted by Crippen LogP contribution is -2.45. The number of hydrogen-bond acceptors (Lipinski definition) is 4. The third-order valence-electron chi connectivity index (χ3n) is 3.95. The Labute approximate surface area is 124 Å². The van der Waals surface area contributed by atoms with E-state index < -0.39 is 5.41 Å². The summed E-state index contributed by atoms with van der Waals surface area (Å²) in [6.07, 6.45) is 2.16. The molecule has 1 aliphatic rings. The molecule has 1 aromatic heterocycles. The molecule has 0 aliphatic carbocycles. The number of aromatic nitrogens is 2. The monoisotopic (exact) mass is 296 g/mol. The van der Waals surface area contributed by atoms with E-state index in [4.69, 9.17) is 11.6 Å². The Bertz CT molecular complexity index is 478. The summed E-state index contributed by atoms with van der Waals surface area (Å²) in [5.74, 6) is 0.529. The van der Waals surface area contributed by atoms with Crippen molar-refractivity contribution in [2.24, 2.45) is 11.3 Å². The third-order valence-corrected chi connectivity index (χ3v) is 4.14. The molecule has 1 saturated heterocycles. The Balaban J connectivity index is 2.09. The minimum absolute atomic E-state index is 0.0622. The summed E-state index contributed by atoms with van der Waals surface area (Å²) in [6.45, 7) is 7.66. The Morgan fingerprint density at radius 2 is 2.25 bits per heavy atom. The molecule has 1 atom stereocenters. The van der Waals surface area contributed by atoms with E-state index in [0.29, 0.717) is 11.1 Å². The predicted octanol–water partition coefficient (Wildman–Crippen LogP) is 2.40. The van der Waals surface area contributed by atoms with Crippen LogP contribution in [0.15, 0.2) is 6.07 Å². The number of piperidine rings is 1. The van der Waals surface area contributed by atoms with E-state index in [9.17, 15) is 4.79 Å². The first kappa shape index (κ1) is 15.2. The van der Waals surface area contributed by atoms with Crippen LogP contribution in [0.4, 0.5) is 5.95 Å². The summed E-state index contributed by atoms with van der Waals surface area (Å²) >= 11 is 5.88. The van der Waals surface area contributed by atoms with Crippen LogP contribution in [0.3, 0.4) is 0 Å². The van der Waals surface area contributed by atoms with Crippen molar-refractivity contribution in [3.63, 3.8) is 0 Å². The molecule has 1 aromatic rings. The zero-order valence-electron chi connectivity index (χ0n) is 12.2. The first-order chi connectivity index (χ1) is 9.39. The van der Waals surface area contributed by atoms with Gasteiger partial charge in [-0.1, -0.05) is 25.4 Å². The van der Waals surface area contributed by atoms with Gasteiger partial charge in [0.15, 0.2) is 0 Å². The number of anilines is 1. The first-order valence-electron chi connectivity index (χ1n) is 6.93. The Hall–Kier alpha value is -1.20. The number of halogens is 1. The number of amides is 1. The first-order valence-corrected chi connectivity index (χ1v) is 7.31. The zero-order valence-corrected chi connectivity index (χ0v) is 12.9. The van der Waals surface area contributed by atoms with Gasteiger partial charge in [-0.05, 0) is 44.8 Å². The highest BCUT2D eigenvalue weighted by Crippen LogP contribution is 2.32. The fraction of sp³-hybridized carbons (Fsp3) is 0.643. The van der Waals surface area contributed by atoms with Gasteiger partial charge in [-0.3, -0.25) is 10.1 Å². The maximum Gasteiger partial charge on any atom is 0.232 e. The number of carbonyl (C=O) groups is 1. The molecule has 2 N–H and O–H groups in total. The number of aryl methyl sites for hydroxylation is 1. The smallest absolute Gasteiger partial charge is 0.232 e. The summed E-state index contributed by atoms with van der Waals surface area (Å²) in [5.41, 5.74) is 0.268. The molecule has 0 spiro atoms. The lowest BCUT2D eigenvalue weighted by Gasteiger charge is -2.35. The zero-order chi connectivity index (χ0) is 14.8. The largest absolute Gasteiger partial charge is 0.316 e. The number of nitrogens with zero attached hydrogens (tertiary/aromatic N) is 2. The van der Waals surface area contributed by atoms with Gasteiger partial charge in [0.2, 0.25) is 11.9 Å². The van der Waals surface area contributed by atoms with Gasteiger partial charge in [0.1, 0.15) is 5.15 Å². The fourth-order valence-electron chi connectivity index (χ4n) is 2.50. The molecule has 0 radical (unpaired) electrons. The summed E-state index contributed by atoms with van der Waals surface area (Å²) < 4.78 is 0. The van der Waals surface area contributed by atoms with Gasteiger partial charge in [-0.25, -0.2) is 9.97 Å². The van der Waals surface area contributed by atoms with Gasteiger partial charge in [0, 0.05) is 11.1 Å². The second-order valence-electron chi connectivity index (χ2n) is 5.87. The molecule has 110 valence electrons. The number of carbonyl (C=O) groups excluding carboxylic acids is 1. The van der Waals surface area contributed by atoms with Crippen LogP contribution in [0.1, 0.15) is 32.4 Å². The minimum atomic E-state index is -0.465. The van der Waals surface area contributed by atoms with Crippen molar-refractivity contribution in [2.75, 3.05) is 18.4 Å². The maximum absolute atomic E-state index is 12.5. The van der Waals surface area contributed by atoms with Crippen molar-refractivity contribution >= 4 is 23.5 Å². The standard InChI is InChI=1S/C14H21ClN4O/c1-9-7-11(15)18-13(17-9)19-12(20)14(2,3)10-5-4-6-16-8-10/h7,10,16H,4-6,8H2,1-3H3,(H,17,18,19,20). The molecule has 0 aromatic carbocycles. The van der Waals surface area contributed by atoms with Crippen molar-refractivity contribution in [3.8, 4) is 0 Å². The maximum atomic E-state index is 12.5. The molecule has 20 heavy (non-hydrogen) atoms. The van der Waals surface area contributed by atoms with E-state index >= 15 is 0 Å². The highest BCUT2D eigenvalue weighted by molar-refractivity contribution is 6.29. The lowest BCUT2D eigenvalue weighted by atomic mass is 9.74. The van der Waals surface area contributed by atoms with Gasteiger partial charge in [0.05, 0.1) is 0 Å². The second kappa shape index (κ2) is 6.06. The molecule has 1 amide bonds. The van der Waals surface area contributed by atoms with E-state index in [1.54, 1.807) is 6.07 Å². The van der Waals surface area contributed by atoms with Gasteiger partial charge < -0.3 is 5.32 Å². The van der Waals surface area contributed by atoms with Crippen LogP contribution < -0.4 is 10.6 Å². The van der Waals surface area contributed by atoms with Crippen LogP contribution in [0, 0.1) is 18.3 Å². The molecule has 5 nitrogen and oxygen atoms in total. The highest BCUT2D eigenvalue weighted by atomic mass is 35.5. The van der Waals surface area contributed by atoms with Gasteiger partial charge >= 0.3 is 0 Å². The molecule has 1 fully saturated rings. The molecular weight excluding hydrogens is 276 g/mol. The Morgan fingerprint density at radius 3 is 2.85 bits per heavy atom. The molecule has 2 rings (SSSR count). The van der Waals surface area contributed by atoms with Crippen LogP contribution in [0.5, 0.6) is 0 Å². The van der Waals surface area contributed by atoms with Gasteiger partial charge in [0.25, 0.3) is 0 Å². The molecule has 1 unspecified atom stereocenters. The van der Waals surface area contributed by atoms with Crippen LogP contribution in [0.25, 0.3) is 0 Å². The van der Waals surface area contributed by atoms with Crippen molar-refractivity contribution < 1.29 is 4.79 Å². The summed E-state index contributed by atoms with van der Waals surface area (Å²) in [7, 11) is 0. The van der Waals surface area contributed by atoms with Crippen molar-refractivity contribution in [2.45, 2.75) is 33.6 Å². The summed E-state index contributed by atoms with van der Waals surface area (Å²) in [5, 5.41) is 6.47.